The van der Waals surface area contributed by atoms with Gasteiger partial charge in [-0.05, 0) is 42.0 Å². The molecule has 2 N–H and O–H groups in total. The summed E-state index contributed by atoms with van der Waals surface area (Å²) < 4.78 is 0.912. The van der Waals surface area contributed by atoms with Gasteiger partial charge in [0.2, 0.25) is 11.8 Å². The molecule has 0 saturated heterocycles. The molecule has 0 heterocycles. The minimum atomic E-state index is -0.497. The summed E-state index contributed by atoms with van der Waals surface area (Å²) >= 11 is 9.10. The number of nitrogens with zero attached hydrogens (tertiary/aromatic N) is 1. The first-order chi connectivity index (χ1) is 11.0. The average molecular weight is 395 g/mol. The Kier molecular flexibility index (Phi) is 6.31. The minimum absolute atomic E-state index is 0.321. The molecule has 118 valence electrons. The van der Waals surface area contributed by atoms with Crippen LogP contribution in [0, 0.1) is 0 Å². The number of benzene rings is 2. The van der Waals surface area contributed by atoms with Crippen molar-refractivity contribution in [1.29, 1.82) is 0 Å². The zero-order valence-electron chi connectivity index (χ0n) is 11.9. The predicted molar refractivity (Wildman–Crippen MR) is 94.6 cm³/mol. The first-order valence-corrected chi connectivity index (χ1v) is 7.83. The third-order valence-corrected chi connectivity index (χ3v) is 3.45. The molecule has 0 aliphatic rings. The monoisotopic (exact) mass is 393 g/mol. The van der Waals surface area contributed by atoms with Gasteiger partial charge in [0.1, 0.15) is 6.42 Å². The highest BCUT2D eigenvalue weighted by molar-refractivity contribution is 9.10. The van der Waals surface area contributed by atoms with Crippen LogP contribution in [0.4, 0.5) is 5.69 Å². The van der Waals surface area contributed by atoms with Crippen LogP contribution in [0.1, 0.15) is 12.0 Å². The summed E-state index contributed by atoms with van der Waals surface area (Å²) in [5.41, 5.74) is 3.71. The Morgan fingerprint density at radius 2 is 1.87 bits per heavy atom. The lowest BCUT2D eigenvalue weighted by molar-refractivity contribution is -0.126. The van der Waals surface area contributed by atoms with E-state index < -0.39 is 11.8 Å². The van der Waals surface area contributed by atoms with E-state index in [-0.39, 0.29) is 6.42 Å². The zero-order chi connectivity index (χ0) is 16.7. The van der Waals surface area contributed by atoms with Crippen molar-refractivity contribution in [3.05, 3.63) is 63.6 Å². The molecular weight excluding hydrogens is 382 g/mol. The molecule has 0 radical (unpaired) electrons. The second kappa shape index (κ2) is 8.45. The van der Waals surface area contributed by atoms with Crippen LogP contribution >= 0.6 is 27.5 Å². The molecule has 0 spiro atoms. The van der Waals surface area contributed by atoms with Crippen LogP contribution in [0.2, 0.25) is 5.02 Å². The summed E-state index contributed by atoms with van der Waals surface area (Å²) in [4.78, 5) is 23.4. The fourth-order valence-corrected chi connectivity index (χ4v) is 2.23. The van der Waals surface area contributed by atoms with Crippen LogP contribution in [-0.2, 0) is 9.59 Å². The van der Waals surface area contributed by atoms with Crippen molar-refractivity contribution in [1.82, 2.24) is 5.43 Å². The van der Waals surface area contributed by atoms with Crippen LogP contribution in [0.25, 0.3) is 0 Å². The molecule has 2 amide bonds. The van der Waals surface area contributed by atoms with E-state index in [1.54, 1.807) is 24.3 Å². The highest BCUT2D eigenvalue weighted by atomic mass is 79.9. The molecule has 2 rings (SSSR count). The van der Waals surface area contributed by atoms with Crippen molar-refractivity contribution >= 4 is 51.2 Å². The van der Waals surface area contributed by atoms with E-state index in [9.17, 15) is 9.59 Å². The maximum atomic E-state index is 11.7. The highest BCUT2D eigenvalue weighted by Crippen LogP contribution is 2.13. The fourth-order valence-electron chi connectivity index (χ4n) is 1.69. The molecule has 2 aromatic carbocycles. The van der Waals surface area contributed by atoms with Gasteiger partial charge in [-0.15, -0.1) is 0 Å². The Balaban J connectivity index is 1.80. The normalized spacial score (nSPS) is 10.5. The molecule has 23 heavy (non-hydrogen) atoms. The van der Waals surface area contributed by atoms with Crippen molar-refractivity contribution < 1.29 is 9.59 Å². The number of nitrogens with one attached hydrogen (secondary N) is 2. The van der Waals surface area contributed by atoms with Gasteiger partial charge in [-0.1, -0.05) is 39.7 Å². The number of halogens is 2. The summed E-state index contributed by atoms with van der Waals surface area (Å²) in [5, 5.41) is 6.98. The van der Waals surface area contributed by atoms with Gasteiger partial charge in [0.05, 0.1) is 6.21 Å². The van der Waals surface area contributed by atoms with E-state index in [0.29, 0.717) is 10.7 Å². The predicted octanol–water partition coefficient (Wildman–Crippen LogP) is 3.58. The SMILES string of the molecule is O=C(CC(=O)Nc1ccc(Cl)cc1)NN=Cc1cccc(Br)c1. The number of hydrogen-bond donors (Lipinski definition) is 2. The van der Waals surface area contributed by atoms with Crippen molar-refractivity contribution in [2.45, 2.75) is 6.42 Å². The van der Waals surface area contributed by atoms with Gasteiger partial charge in [-0.2, -0.15) is 5.10 Å². The molecule has 5 nitrogen and oxygen atoms in total. The number of rotatable bonds is 5. The van der Waals surface area contributed by atoms with Gasteiger partial charge in [-0.3, -0.25) is 9.59 Å². The summed E-state index contributed by atoms with van der Waals surface area (Å²) in [5.74, 6) is -0.926. The first-order valence-electron chi connectivity index (χ1n) is 6.66. The lowest BCUT2D eigenvalue weighted by Crippen LogP contribution is -2.24. The van der Waals surface area contributed by atoms with E-state index in [4.69, 9.17) is 11.6 Å². The molecule has 0 aliphatic heterocycles. The van der Waals surface area contributed by atoms with Gasteiger partial charge in [-0.25, -0.2) is 5.43 Å². The summed E-state index contributed by atoms with van der Waals surface area (Å²) in [6, 6.07) is 14.0. The second-order valence-corrected chi connectivity index (χ2v) is 5.93. The molecule has 0 aromatic heterocycles. The van der Waals surface area contributed by atoms with Gasteiger partial charge in [0.25, 0.3) is 0 Å². The fraction of sp³-hybridized carbons (Fsp3) is 0.0625. The molecule has 0 aliphatic carbocycles. The van der Waals surface area contributed by atoms with Gasteiger partial charge >= 0.3 is 0 Å². The summed E-state index contributed by atoms with van der Waals surface area (Å²) in [7, 11) is 0. The smallest absolute Gasteiger partial charge is 0.249 e. The minimum Gasteiger partial charge on any atom is -0.326 e. The van der Waals surface area contributed by atoms with Gasteiger partial charge in [0.15, 0.2) is 0 Å². The van der Waals surface area contributed by atoms with Gasteiger partial charge < -0.3 is 5.32 Å². The van der Waals surface area contributed by atoms with Crippen LogP contribution in [0.5, 0.6) is 0 Å². The Morgan fingerprint density at radius 1 is 1.13 bits per heavy atom. The number of hydrazone groups is 1. The van der Waals surface area contributed by atoms with Crippen LogP contribution in [0.3, 0.4) is 0 Å². The molecule has 0 fully saturated rings. The molecule has 7 heteroatoms. The molecule has 0 saturated carbocycles. The van der Waals surface area contributed by atoms with Crippen LogP contribution in [0.15, 0.2) is 58.1 Å². The van der Waals surface area contributed by atoms with Crippen LogP contribution in [-0.4, -0.2) is 18.0 Å². The molecule has 0 bridgehead atoms. The first kappa shape index (κ1) is 17.2. The maximum absolute atomic E-state index is 11.7. The Hall–Kier alpha value is -2.18. The summed E-state index contributed by atoms with van der Waals surface area (Å²) in [6.07, 6.45) is 1.18. The van der Waals surface area contributed by atoms with E-state index >= 15 is 0 Å². The van der Waals surface area contributed by atoms with Crippen LogP contribution < -0.4 is 10.7 Å². The Bertz CT molecular complexity index is 732. The number of anilines is 1. The largest absolute Gasteiger partial charge is 0.326 e. The number of carbonyl (C=O) groups excluding carboxylic acids is 2. The van der Waals surface area contributed by atoms with Gasteiger partial charge in [0, 0.05) is 15.2 Å². The number of amides is 2. The standard InChI is InChI=1S/C16H13BrClN3O2/c17-12-3-1-2-11(8-12)10-19-21-16(23)9-15(22)20-14-6-4-13(18)5-7-14/h1-8,10H,9H2,(H,20,22)(H,21,23). The van der Waals surface area contributed by atoms with Crippen molar-refractivity contribution in [2.24, 2.45) is 5.10 Å². The Morgan fingerprint density at radius 3 is 2.57 bits per heavy atom. The Labute approximate surface area is 146 Å². The van der Waals surface area contributed by atoms with Crippen molar-refractivity contribution in [3.63, 3.8) is 0 Å². The maximum Gasteiger partial charge on any atom is 0.249 e. The lowest BCUT2D eigenvalue weighted by Gasteiger charge is -2.04. The molecule has 0 unspecified atom stereocenters. The lowest BCUT2D eigenvalue weighted by atomic mass is 10.2. The topological polar surface area (TPSA) is 70.6 Å². The third-order valence-electron chi connectivity index (χ3n) is 2.70. The molecule has 2 aromatic rings. The molecule has 0 atom stereocenters. The molecular formula is C16H13BrClN3O2. The van der Waals surface area contributed by atoms with E-state index in [1.165, 1.54) is 6.21 Å². The van der Waals surface area contributed by atoms with E-state index in [2.05, 4.69) is 31.8 Å². The highest BCUT2D eigenvalue weighted by Gasteiger charge is 2.08. The van der Waals surface area contributed by atoms with E-state index in [0.717, 1.165) is 10.0 Å². The van der Waals surface area contributed by atoms with E-state index in [1.807, 2.05) is 24.3 Å². The van der Waals surface area contributed by atoms with Crippen molar-refractivity contribution in [3.8, 4) is 0 Å². The van der Waals surface area contributed by atoms with Crippen molar-refractivity contribution in [2.75, 3.05) is 5.32 Å². The zero-order valence-corrected chi connectivity index (χ0v) is 14.3. The third kappa shape index (κ3) is 6.22. The summed E-state index contributed by atoms with van der Waals surface area (Å²) in [6.45, 7) is 0. The average Bonchev–Trinajstić information content (AvgIpc) is 2.49. The quantitative estimate of drug-likeness (QED) is 0.462. The number of hydrogen-bond acceptors (Lipinski definition) is 3. The second-order valence-electron chi connectivity index (χ2n) is 4.58. The number of carbonyl (C=O) groups is 2.